The summed E-state index contributed by atoms with van der Waals surface area (Å²) in [7, 11) is 1.80. The van der Waals surface area contributed by atoms with Crippen molar-refractivity contribution in [3.8, 4) is 0 Å². The summed E-state index contributed by atoms with van der Waals surface area (Å²) >= 11 is 0. The molecule has 2 aliphatic rings. The molecule has 4 rings (SSSR count). The van der Waals surface area contributed by atoms with Gasteiger partial charge in [-0.25, -0.2) is 4.79 Å². The van der Waals surface area contributed by atoms with Crippen LogP contribution in [-0.2, 0) is 35.9 Å². The molecule has 0 atom stereocenters. The fourth-order valence-corrected chi connectivity index (χ4v) is 4.81. The van der Waals surface area contributed by atoms with Crippen LogP contribution in [0.5, 0.6) is 0 Å². The topological polar surface area (TPSA) is 100 Å². The number of hydrogen-bond acceptors (Lipinski definition) is 6. The number of amides is 1. The molecule has 0 saturated carbocycles. The molecule has 0 aromatic carbocycles. The van der Waals surface area contributed by atoms with E-state index in [1.807, 2.05) is 18.5 Å². The Balaban J connectivity index is 1.55. The molecule has 1 saturated heterocycles. The van der Waals surface area contributed by atoms with Crippen LogP contribution in [0.2, 0.25) is 0 Å². The van der Waals surface area contributed by atoms with Crippen LogP contribution in [0.15, 0.2) is 6.07 Å². The molecule has 33 heavy (non-hydrogen) atoms. The van der Waals surface area contributed by atoms with E-state index >= 15 is 0 Å². The summed E-state index contributed by atoms with van der Waals surface area (Å²) in [6.45, 7) is 11.0. The van der Waals surface area contributed by atoms with E-state index < -0.39 is 5.97 Å². The first-order chi connectivity index (χ1) is 15.6. The lowest BCUT2D eigenvalue weighted by molar-refractivity contribution is 0.0159. The van der Waals surface area contributed by atoms with Crippen molar-refractivity contribution in [2.24, 2.45) is 17.9 Å². The predicted octanol–water partition coefficient (Wildman–Crippen LogP) is 2.45. The SMILES string of the molecule is CCn1nc(CC(C)(C)COC(=O)c2cc(C)n(C)n2)c2c1C(=O)NCC1(CCOCC1)C2. The molecule has 180 valence electrons. The minimum absolute atomic E-state index is 0.00294. The Bertz CT molecular complexity index is 1030. The molecule has 4 heterocycles. The van der Waals surface area contributed by atoms with Crippen molar-refractivity contribution >= 4 is 11.9 Å². The Kier molecular flexibility index (Phi) is 6.35. The molecule has 2 aliphatic heterocycles. The minimum atomic E-state index is -0.426. The first kappa shape index (κ1) is 23.5. The third-order valence-corrected chi connectivity index (χ3v) is 6.94. The zero-order chi connectivity index (χ0) is 23.8. The Morgan fingerprint density at radius 1 is 1.30 bits per heavy atom. The van der Waals surface area contributed by atoms with Gasteiger partial charge in [-0.15, -0.1) is 0 Å². The van der Waals surface area contributed by atoms with Crippen LogP contribution in [0.4, 0.5) is 0 Å². The van der Waals surface area contributed by atoms with Gasteiger partial charge in [0.15, 0.2) is 5.69 Å². The number of carbonyl (C=O) groups excluding carboxylic acids is 2. The highest BCUT2D eigenvalue weighted by Crippen LogP contribution is 2.38. The predicted molar refractivity (Wildman–Crippen MR) is 122 cm³/mol. The zero-order valence-electron chi connectivity index (χ0n) is 20.4. The van der Waals surface area contributed by atoms with Crippen LogP contribution in [0.3, 0.4) is 0 Å². The molecular weight excluding hydrogens is 422 g/mol. The first-order valence-electron chi connectivity index (χ1n) is 11.8. The van der Waals surface area contributed by atoms with E-state index in [2.05, 4.69) is 24.3 Å². The number of nitrogens with zero attached hydrogens (tertiary/aromatic N) is 4. The lowest BCUT2D eigenvalue weighted by Crippen LogP contribution is -2.40. The number of nitrogens with one attached hydrogen (secondary N) is 1. The van der Waals surface area contributed by atoms with E-state index in [9.17, 15) is 9.59 Å². The lowest BCUT2D eigenvalue weighted by atomic mass is 9.74. The van der Waals surface area contributed by atoms with Gasteiger partial charge in [-0.2, -0.15) is 10.2 Å². The standard InChI is InChI=1S/C24H35N5O4/c1-6-29-20-17(12-24(14-25-21(20)30)7-9-32-10-8-24)19(27-29)13-23(3,4)15-33-22(31)18-11-16(2)28(5)26-18/h11H,6-10,12-15H2,1-5H3,(H,25,30). The highest BCUT2D eigenvalue weighted by atomic mass is 16.5. The maximum Gasteiger partial charge on any atom is 0.358 e. The van der Waals surface area contributed by atoms with E-state index in [1.54, 1.807) is 17.8 Å². The number of fused-ring (bicyclic) bond motifs is 1. The first-order valence-corrected chi connectivity index (χ1v) is 11.8. The van der Waals surface area contributed by atoms with Gasteiger partial charge >= 0.3 is 5.97 Å². The van der Waals surface area contributed by atoms with Gasteiger partial charge in [-0.3, -0.25) is 14.2 Å². The smallest absolute Gasteiger partial charge is 0.358 e. The molecule has 1 fully saturated rings. The van der Waals surface area contributed by atoms with Gasteiger partial charge in [0.05, 0.1) is 12.3 Å². The Morgan fingerprint density at radius 3 is 2.67 bits per heavy atom. The van der Waals surface area contributed by atoms with Crippen LogP contribution >= 0.6 is 0 Å². The Labute approximate surface area is 194 Å². The number of aryl methyl sites for hydroxylation is 3. The number of esters is 1. The van der Waals surface area contributed by atoms with Crippen molar-refractivity contribution in [2.45, 2.75) is 59.9 Å². The monoisotopic (exact) mass is 457 g/mol. The van der Waals surface area contributed by atoms with Crippen LogP contribution in [-0.4, -0.2) is 57.8 Å². The van der Waals surface area contributed by atoms with Crippen LogP contribution < -0.4 is 5.32 Å². The molecule has 1 amide bonds. The number of rotatable bonds is 6. The zero-order valence-corrected chi connectivity index (χ0v) is 20.4. The van der Waals surface area contributed by atoms with Gasteiger partial charge in [0.2, 0.25) is 0 Å². The number of ether oxygens (including phenoxy) is 2. The maximum atomic E-state index is 13.0. The summed E-state index contributed by atoms with van der Waals surface area (Å²) in [4.78, 5) is 25.5. The van der Waals surface area contributed by atoms with Crippen molar-refractivity contribution in [3.05, 3.63) is 34.4 Å². The molecule has 2 aromatic rings. The van der Waals surface area contributed by atoms with Crippen LogP contribution in [0.25, 0.3) is 0 Å². The molecule has 0 unspecified atom stereocenters. The fourth-order valence-electron chi connectivity index (χ4n) is 4.81. The summed E-state index contributed by atoms with van der Waals surface area (Å²) < 4.78 is 14.7. The second-order valence-corrected chi connectivity index (χ2v) is 10.3. The molecule has 9 nitrogen and oxygen atoms in total. The van der Waals surface area contributed by atoms with Crippen LogP contribution in [0.1, 0.15) is 71.5 Å². The van der Waals surface area contributed by atoms with Gasteiger partial charge in [-0.1, -0.05) is 13.8 Å². The van der Waals surface area contributed by atoms with E-state index in [-0.39, 0.29) is 23.3 Å². The Morgan fingerprint density at radius 2 is 2.03 bits per heavy atom. The summed E-state index contributed by atoms with van der Waals surface area (Å²) in [6.07, 6.45) is 3.27. The third-order valence-electron chi connectivity index (χ3n) is 6.94. The Hall–Kier alpha value is -2.68. The van der Waals surface area contributed by atoms with E-state index in [0.29, 0.717) is 30.9 Å². The maximum absolute atomic E-state index is 13.0. The van der Waals surface area contributed by atoms with E-state index in [0.717, 1.165) is 49.4 Å². The van der Waals surface area contributed by atoms with E-state index in [1.165, 1.54) is 0 Å². The number of aromatic nitrogens is 4. The molecule has 0 aliphatic carbocycles. The summed E-state index contributed by atoms with van der Waals surface area (Å²) in [5.74, 6) is -0.478. The molecule has 1 N–H and O–H groups in total. The van der Waals surface area contributed by atoms with Gasteiger partial charge in [0.1, 0.15) is 5.69 Å². The van der Waals surface area contributed by atoms with E-state index in [4.69, 9.17) is 14.6 Å². The number of hydrogen-bond donors (Lipinski definition) is 1. The van der Waals surface area contributed by atoms with Gasteiger partial charge < -0.3 is 14.8 Å². The fraction of sp³-hybridized carbons (Fsp3) is 0.667. The minimum Gasteiger partial charge on any atom is -0.460 e. The van der Waals surface area contributed by atoms with Crippen molar-refractivity contribution in [1.29, 1.82) is 0 Å². The molecule has 0 radical (unpaired) electrons. The number of carbonyl (C=O) groups is 2. The second-order valence-electron chi connectivity index (χ2n) is 10.3. The molecular formula is C24H35N5O4. The van der Waals surface area contributed by atoms with Crippen molar-refractivity contribution in [1.82, 2.24) is 24.9 Å². The summed E-state index contributed by atoms with van der Waals surface area (Å²) in [5.41, 5.74) is 3.49. The summed E-state index contributed by atoms with van der Waals surface area (Å²) in [6, 6.07) is 1.73. The van der Waals surface area contributed by atoms with Gasteiger partial charge in [0, 0.05) is 56.4 Å². The van der Waals surface area contributed by atoms with Gasteiger partial charge in [-0.05, 0) is 44.6 Å². The molecule has 2 aromatic heterocycles. The molecule has 9 heteroatoms. The average Bonchev–Trinajstić information content (AvgIpc) is 3.25. The lowest BCUT2D eigenvalue weighted by Gasteiger charge is -2.36. The van der Waals surface area contributed by atoms with Crippen molar-refractivity contribution in [2.75, 3.05) is 26.4 Å². The van der Waals surface area contributed by atoms with Crippen molar-refractivity contribution in [3.63, 3.8) is 0 Å². The third kappa shape index (κ3) is 4.83. The highest BCUT2D eigenvalue weighted by molar-refractivity contribution is 5.94. The highest BCUT2D eigenvalue weighted by Gasteiger charge is 2.40. The second kappa shape index (κ2) is 8.93. The van der Waals surface area contributed by atoms with Gasteiger partial charge in [0.25, 0.3) is 5.91 Å². The quantitative estimate of drug-likeness (QED) is 0.669. The molecule has 1 spiro atoms. The summed E-state index contributed by atoms with van der Waals surface area (Å²) in [5, 5.41) is 12.2. The van der Waals surface area contributed by atoms with Crippen molar-refractivity contribution < 1.29 is 19.1 Å². The normalized spacial score (nSPS) is 18.0. The van der Waals surface area contributed by atoms with Crippen LogP contribution in [0, 0.1) is 17.8 Å². The largest absolute Gasteiger partial charge is 0.460 e. The average molecular weight is 458 g/mol. The molecule has 0 bridgehead atoms.